The van der Waals surface area contributed by atoms with Crippen molar-refractivity contribution in [1.82, 2.24) is 9.55 Å². The van der Waals surface area contributed by atoms with Crippen molar-refractivity contribution in [1.29, 1.82) is 0 Å². The lowest BCUT2D eigenvalue weighted by Gasteiger charge is -2.01. The van der Waals surface area contributed by atoms with E-state index in [1.54, 1.807) is 5.38 Å². The molecule has 19 heavy (non-hydrogen) atoms. The van der Waals surface area contributed by atoms with Gasteiger partial charge in [-0.1, -0.05) is 18.2 Å². The number of fused-ring (bicyclic) bond motifs is 1. The van der Waals surface area contributed by atoms with Crippen LogP contribution in [0, 0.1) is 0 Å². The van der Waals surface area contributed by atoms with Crippen LogP contribution >= 0.6 is 27.3 Å². The Morgan fingerprint density at radius 2 is 2.21 bits per heavy atom. The van der Waals surface area contributed by atoms with Gasteiger partial charge in [-0.05, 0) is 22.0 Å². The van der Waals surface area contributed by atoms with Crippen molar-refractivity contribution in [3.8, 4) is 0 Å². The highest BCUT2D eigenvalue weighted by Gasteiger charge is 2.11. The monoisotopic (exact) mass is 336 g/mol. The quantitative estimate of drug-likeness (QED) is 0.794. The van der Waals surface area contributed by atoms with Crippen LogP contribution in [-0.2, 0) is 6.54 Å². The van der Waals surface area contributed by atoms with Gasteiger partial charge in [-0.3, -0.25) is 0 Å². The molecule has 96 valence electrons. The van der Waals surface area contributed by atoms with Crippen molar-refractivity contribution in [3.63, 3.8) is 0 Å². The highest BCUT2D eigenvalue weighted by Crippen LogP contribution is 2.26. The number of nitrogens with zero attached hydrogens (tertiary/aromatic N) is 2. The second kappa shape index (κ2) is 4.79. The Kier molecular flexibility index (Phi) is 3.12. The van der Waals surface area contributed by atoms with Gasteiger partial charge in [0.1, 0.15) is 0 Å². The number of para-hydroxylation sites is 1. The third-order valence-electron chi connectivity index (χ3n) is 2.81. The topological polar surface area (TPSA) is 55.1 Å². The van der Waals surface area contributed by atoms with E-state index in [9.17, 15) is 4.79 Å². The average molecular weight is 337 g/mol. The zero-order chi connectivity index (χ0) is 13.4. The van der Waals surface area contributed by atoms with Gasteiger partial charge in [-0.15, -0.1) is 11.3 Å². The molecule has 0 saturated carbocycles. The molecule has 0 radical (unpaired) electrons. The van der Waals surface area contributed by atoms with Gasteiger partial charge in [-0.25, -0.2) is 9.78 Å². The average Bonchev–Trinajstić information content (AvgIpc) is 2.97. The smallest absolute Gasteiger partial charge is 0.365 e. The van der Waals surface area contributed by atoms with Crippen LogP contribution in [0.25, 0.3) is 10.9 Å². The SMILES string of the molecule is O=C(O)c1nc(Cn2cc(Br)c3ccccc32)cs1. The maximum atomic E-state index is 10.8. The molecule has 6 heteroatoms. The van der Waals surface area contributed by atoms with Crippen LogP contribution in [-0.4, -0.2) is 20.6 Å². The molecule has 3 aromatic rings. The molecular weight excluding hydrogens is 328 g/mol. The largest absolute Gasteiger partial charge is 0.476 e. The molecule has 0 atom stereocenters. The van der Waals surface area contributed by atoms with E-state index in [2.05, 4.69) is 25.5 Å². The first-order valence-corrected chi connectivity index (χ1v) is 7.23. The van der Waals surface area contributed by atoms with E-state index >= 15 is 0 Å². The molecule has 3 rings (SSSR count). The molecule has 1 N–H and O–H groups in total. The first-order chi connectivity index (χ1) is 9.15. The van der Waals surface area contributed by atoms with Crippen LogP contribution in [0.5, 0.6) is 0 Å². The molecule has 1 aromatic carbocycles. The fourth-order valence-corrected chi connectivity index (χ4v) is 3.21. The number of aromatic nitrogens is 2. The van der Waals surface area contributed by atoms with Crippen molar-refractivity contribution >= 4 is 44.1 Å². The van der Waals surface area contributed by atoms with E-state index in [4.69, 9.17) is 5.11 Å². The van der Waals surface area contributed by atoms with Gasteiger partial charge in [0.15, 0.2) is 0 Å². The van der Waals surface area contributed by atoms with Crippen molar-refractivity contribution < 1.29 is 9.90 Å². The van der Waals surface area contributed by atoms with Gasteiger partial charge in [0, 0.05) is 27.0 Å². The lowest BCUT2D eigenvalue weighted by molar-refractivity contribution is 0.0696. The number of hydrogen-bond donors (Lipinski definition) is 1. The number of carboxylic acids is 1. The van der Waals surface area contributed by atoms with E-state index in [-0.39, 0.29) is 5.01 Å². The summed E-state index contributed by atoms with van der Waals surface area (Å²) in [6.07, 6.45) is 1.99. The number of aromatic carboxylic acids is 1. The van der Waals surface area contributed by atoms with Gasteiger partial charge in [0.05, 0.1) is 12.2 Å². The van der Waals surface area contributed by atoms with E-state index in [1.165, 1.54) is 0 Å². The van der Waals surface area contributed by atoms with Crippen LogP contribution in [0.3, 0.4) is 0 Å². The van der Waals surface area contributed by atoms with Crippen molar-refractivity contribution in [2.24, 2.45) is 0 Å². The van der Waals surface area contributed by atoms with E-state index in [1.807, 2.05) is 30.5 Å². The molecule has 0 amide bonds. The third-order valence-corrected chi connectivity index (χ3v) is 4.32. The van der Waals surface area contributed by atoms with Crippen LogP contribution in [0.15, 0.2) is 40.3 Å². The predicted molar refractivity (Wildman–Crippen MR) is 77.8 cm³/mol. The van der Waals surface area contributed by atoms with Gasteiger partial charge in [-0.2, -0.15) is 0 Å². The fourth-order valence-electron chi connectivity index (χ4n) is 1.99. The zero-order valence-corrected chi connectivity index (χ0v) is 12.1. The molecule has 0 aliphatic carbocycles. The molecule has 0 unspecified atom stereocenters. The number of halogens is 1. The number of carboxylic acid groups (broad SMARTS) is 1. The Hall–Kier alpha value is -1.66. The molecule has 0 saturated heterocycles. The molecule has 2 aromatic heterocycles. The molecule has 0 spiro atoms. The lowest BCUT2D eigenvalue weighted by Crippen LogP contribution is -2.00. The van der Waals surface area contributed by atoms with E-state index in [0.29, 0.717) is 6.54 Å². The maximum Gasteiger partial charge on any atom is 0.365 e. The highest BCUT2D eigenvalue weighted by molar-refractivity contribution is 9.10. The lowest BCUT2D eigenvalue weighted by atomic mass is 10.2. The van der Waals surface area contributed by atoms with Crippen LogP contribution in [0.2, 0.25) is 0 Å². The minimum atomic E-state index is -0.977. The van der Waals surface area contributed by atoms with Crippen molar-refractivity contribution in [3.05, 3.63) is 51.0 Å². The first kappa shape index (κ1) is 12.4. The van der Waals surface area contributed by atoms with Crippen LogP contribution in [0.1, 0.15) is 15.5 Å². The number of rotatable bonds is 3. The molecule has 4 nitrogen and oxygen atoms in total. The summed E-state index contributed by atoms with van der Waals surface area (Å²) in [5.74, 6) is -0.977. The standard InChI is InChI=1S/C13H9BrN2O2S/c14-10-6-16(11-4-2-1-3-9(10)11)5-8-7-19-12(15-8)13(17)18/h1-4,6-7H,5H2,(H,17,18). The first-order valence-electron chi connectivity index (χ1n) is 5.56. The Labute approximate surface area is 121 Å². The Bertz CT molecular complexity index is 763. The van der Waals surface area contributed by atoms with Gasteiger partial charge >= 0.3 is 5.97 Å². The van der Waals surface area contributed by atoms with Crippen molar-refractivity contribution in [2.75, 3.05) is 0 Å². The maximum absolute atomic E-state index is 10.8. The minimum absolute atomic E-state index is 0.130. The number of carbonyl (C=O) groups is 1. The summed E-state index contributed by atoms with van der Waals surface area (Å²) in [4.78, 5) is 14.9. The molecule has 0 fully saturated rings. The molecule has 0 bridgehead atoms. The number of hydrogen-bond acceptors (Lipinski definition) is 3. The van der Waals surface area contributed by atoms with E-state index < -0.39 is 5.97 Å². The van der Waals surface area contributed by atoms with Gasteiger partial charge in [0.2, 0.25) is 5.01 Å². The minimum Gasteiger partial charge on any atom is -0.476 e. The van der Waals surface area contributed by atoms with E-state index in [0.717, 1.165) is 32.4 Å². The number of thiazole rings is 1. The molecule has 0 aliphatic heterocycles. The summed E-state index contributed by atoms with van der Waals surface area (Å²) in [5, 5.41) is 11.9. The fraction of sp³-hybridized carbons (Fsp3) is 0.0769. The molecule has 2 heterocycles. The number of benzene rings is 1. The van der Waals surface area contributed by atoms with Crippen LogP contribution < -0.4 is 0 Å². The zero-order valence-electron chi connectivity index (χ0n) is 9.71. The summed E-state index contributed by atoms with van der Waals surface area (Å²) < 4.78 is 3.08. The Morgan fingerprint density at radius 3 is 2.95 bits per heavy atom. The predicted octanol–water partition coefficient (Wildman–Crippen LogP) is 3.61. The van der Waals surface area contributed by atoms with Crippen molar-refractivity contribution in [2.45, 2.75) is 6.54 Å². The second-order valence-electron chi connectivity index (χ2n) is 4.07. The highest BCUT2D eigenvalue weighted by atomic mass is 79.9. The Balaban J connectivity index is 1.98. The van der Waals surface area contributed by atoms with Gasteiger partial charge in [0.25, 0.3) is 0 Å². The third kappa shape index (κ3) is 2.29. The summed E-state index contributed by atoms with van der Waals surface area (Å²) in [6, 6.07) is 8.04. The normalized spacial score (nSPS) is 11.0. The van der Waals surface area contributed by atoms with Crippen LogP contribution in [0.4, 0.5) is 0 Å². The summed E-state index contributed by atoms with van der Waals surface area (Å²) in [7, 11) is 0. The summed E-state index contributed by atoms with van der Waals surface area (Å²) in [6.45, 7) is 0.565. The second-order valence-corrected chi connectivity index (χ2v) is 5.78. The van der Waals surface area contributed by atoms with Gasteiger partial charge < -0.3 is 9.67 Å². The molecular formula is C13H9BrN2O2S. The molecule has 0 aliphatic rings. The Morgan fingerprint density at radius 1 is 1.42 bits per heavy atom. The summed E-state index contributed by atoms with van der Waals surface area (Å²) in [5.41, 5.74) is 1.86. The summed E-state index contributed by atoms with van der Waals surface area (Å²) >= 11 is 4.68.